The van der Waals surface area contributed by atoms with Crippen molar-refractivity contribution in [3.05, 3.63) is 11.9 Å². The van der Waals surface area contributed by atoms with Crippen molar-refractivity contribution < 1.29 is 9.47 Å². The standard InChI is InChI=1S/C15H27N3O2/c1-5-7-13-17-14(16-8-6-2)11-15(18-13)20-10-9-19-12(3)4/h11-12H,5-10H2,1-4H3,(H,16,17,18). The van der Waals surface area contributed by atoms with Crippen LogP contribution in [0.25, 0.3) is 0 Å². The van der Waals surface area contributed by atoms with Crippen LogP contribution in [-0.2, 0) is 11.2 Å². The summed E-state index contributed by atoms with van der Waals surface area (Å²) in [5, 5.41) is 3.28. The summed E-state index contributed by atoms with van der Waals surface area (Å²) in [6.07, 6.45) is 3.17. The van der Waals surface area contributed by atoms with Gasteiger partial charge in [0.15, 0.2) is 0 Å². The normalized spacial score (nSPS) is 10.8. The molecule has 0 saturated carbocycles. The number of hydrogen-bond donors (Lipinski definition) is 1. The van der Waals surface area contributed by atoms with E-state index in [-0.39, 0.29) is 6.10 Å². The van der Waals surface area contributed by atoms with Crippen LogP contribution in [-0.4, -0.2) is 35.8 Å². The number of aromatic nitrogens is 2. The van der Waals surface area contributed by atoms with Gasteiger partial charge in [-0.15, -0.1) is 0 Å². The number of ether oxygens (including phenoxy) is 2. The monoisotopic (exact) mass is 281 g/mol. The van der Waals surface area contributed by atoms with Gasteiger partial charge < -0.3 is 14.8 Å². The molecule has 0 saturated heterocycles. The van der Waals surface area contributed by atoms with E-state index in [1.807, 2.05) is 19.9 Å². The fourth-order valence-corrected chi connectivity index (χ4v) is 1.66. The van der Waals surface area contributed by atoms with Gasteiger partial charge in [0, 0.05) is 19.0 Å². The topological polar surface area (TPSA) is 56.3 Å². The van der Waals surface area contributed by atoms with Gasteiger partial charge in [-0.1, -0.05) is 13.8 Å². The summed E-state index contributed by atoms with van der Waals surface area (Å²) in [6.45, 7) is 10.2. The third kappa shape index (κ3) is 6.70. The number of nitrogens with one attached hydrogen (secondary N) is 1. The minimum atomic E-state index is 0.224. The summed E-state index contributed by atoms with van der Waals surface area (Å²) < 4.78 is 11.1. The van der Waals surface area contributed by atoms with E-state index in [1.54, 1.807) is 0 Å². The number of aryl methyl sites for hydroxylation is 1. The first kappa shape index (κ1) is 16.7. The van der Waals surface area contributed by atoms with E-state index in [0.29, 0.717) is 19.1 Å². The van der Waals surface area contributed by atoms with E-state index < -0.39 is 0 Å². The van der Waals surface area contributed by atoms with Crippen molar-refractivity contribution in [1.82, 2.24) is 9.97 Å². The zero-order chi connectivity index (χ0) is 14.8. The first-order valence-corrected chi connectivity index (χ1v) is 7.51. The molecule has 0 aliphatic carbocycles. The lowest BCUT2D eigenvalue weighted by molar-refractivity contribution is 0.0542. The summed E-state index contributed by atoms with van der Waals surface area (Å²) in [4.78, 5) is 8.90. The van der Waals surface area contributed by atoms with Gasteiger partial charge >= 0.3 is 0 Å². The molecule has 1 aromatic heterocycles. The lowest BCUT2D eigenvalue weighted by Gasteiger charge is -2.11. The Bertz CT molecular complexity index is 383. The van der Waals surface area contributed by atoms with Crippen LogP contribution in [0.2, 0.25) is 0 Å². The number of rotatable bonds is 10. The first-order valence-electron chi connectivity index (χ1n) is 7.51. The van der Waals surface area contributed by atoms with Crippen LogP contribution >= 0.6 is 0 Å². The molecule has 0 radical (unpaired) electrons. The highest BCUT2D eigenvalue weighted by molar-refractivity contribution is 5.38. The summed E-state index contributed by atoms with van der Waals surface area (Å²) in [7, 11) is 0. The molecule has 0 aliphatic heterocycles. The average Bonchev–Trinajstić information content (AvgIpc) is 2.41. The van der Waals surface area contributed by atoms with E-state index in [4.69, 9.17) is 9.47 Å². The maximum Gasteiger partial charge on any atom is 0.218 e. The maximum absolute atomic E-state index is 5.65. The molecule has 0 fully saturated rings. The number of nitrogens with zero attached hydrogens (tertiary/aromatic N) is 2. The van der Waals surface area contributed by atoms with Crippen molar-refractivity contribution in [1.29, 1.82) is 0 Å². The van der Waals surface area contributed by atoms with Gasteiger partial charge in [0.1, 0.15) is 18.2 Å². The van der Waals surface area contributed by atoms with Crippen molar-refractivity contribution in [3.8, 4) is 5.88 Å². The molecule has 5 heteroatoms. The Morgan fingerprint density at radius 3 is 2.60 bits per heavy atom. The Balaban J connectivity index is 2.60. The molecule has 0 unspecified atom stereocenters. The van der Waals surface area contributed by atoms with Crippen molar-refractivity contribution in [2.24, 2.45) is 0 Å². The molecular weight excluding hydrogens is 254 g/mol. The number of hydrogen-bond acceptors (Lipinski definition) is 5. The zero-order valence-electron chi connectivity index (χ0n) is 13.1. The van der Waals surface area contributed by atoms with Crippen LogP contribution in [0.5, 0.6) is 5.88 Å². The van der Waals surface area contributed by atoms with Gasteiger partial charge in [-0.2, -0.15) is 4.98 Å². The van der Waals surface area contributed by atoms with Crippen molar-refractivity contribution in [2.45, 2.75) is 53.1 Å². The minimum Gasteiger partial charge on any atom is -0.475 e. The van der Waals surface area contributed by atoms with Crippen LogP contribution < -0.4 is 10.1 Å². The quantitative estimate of drug-likeness (QED) is 0.668. The Morgan fingerprint density at radius 2 is 1.95 bits per heavy atom. The van der Waals surface area contributed by atoms with E-state index in [2.05, 4.69) is 29.1 Å². The maximum atomic E-state index is 5.65. The SMILES string of the molecule is CCCNc1cc(OCCOC(C)C)nc(CCC)n1. The van der Waals surface area contributed by atoms with Crippen molar-refractivity contribution in [3.63, 3.8) is 0 Å². The second-order valence-electron chi connectivity index (χ2n) is 4.95. The third-order valence-electron chi connectivity index (χ3n) is 2.56. The molecule has 1 aromatic rings. The summed E-state index contributed by atoms with van der Waals surface area (Å²) in [5.41, 5.74) is 0. The highest BCUT2D eigenvalue weighted by Gasteiger charge is 2.05. The third-order valence-corrected chi connectivity index (χ3v) is 2.56. The molecule has 0 amide bonds. The first-order chi connectivity index (χ1) is 9.65. The molecule has 5 nitrogen and oxygen atoms in total. The van der Waals surface area contributed by atoms with Gasteiger partial charge in [0.2, 0.25) is 5.88 Å². The van der Waals surface area contributed by atoms with Crippen molar-refractivity contribution in [2.75, 3.05) is 25.1 Å². The van der Waals surface area contributed by atoms with Crippen molar-refractivity contribution >= 4 is 5.82 Å². The van der Waals surface area contributed by atoms with E-state index in [1.165, 1.54) is 0 Å². The molecule has 1 N–H and O–H groups in total. The van der Waals surface area contributed by atoms with Gasteiger partial charge in [0.25, 0.3) is 0 Å². The number of anilines is 1. The predicted molar refractivity (Wildman–Crippen MR) is 81.4 cm³/mol. The summed E-state index contributed by atoms with van der Waals surface area (Å²) in [6, 6.07) is 1.85. The predicted octanol–water partition coefficient (Wildman–Crippen LogP) is 3.05. The molecule has 0 aliphatic rings. The summed E-state index contributed by atoms with van der Waals surface area (Å²) in [5.74, 6) is 2.29. The van der Waals surface area contributed by atoms with E-state index in [9.17, 15) is 0 Å². The van der Waals surface area contributed by atoms with Crippen LogP contribution in [0.3, 0.4) is 0 Å². The molecule has 114 valence electrons. The highest BCUT2D eigenvalue weighted by atomic mass is 16.5. The Hall–Kier alpha value is -1.36. The molecule has 0 aromatic carbocycles. The average molecular weight is 281 g/mol. The molecule has 1 heterocycles. The largest absolute Gasteiger partial charge is 0.475 e. The fourth-order valence-electron chi connectivity index (χ4n) is 1.66. The summed E-state index contributed by atoms with van der Waals surface area (Å²) >= 11 is 0. The fraction of sp³-hybridized carbons (Fsp3) is 0.733. The molecular formula is C15H27N3O2. The Morgan fingerprint density at radius 1 is 1.15 bits per heavy atom. The molecule has 0 spiro atoms. The van der Waals surface area contributed by atoms with Gasteiger partial charge in [0.05, 0.1) is 12.7 Å². The van der Waals surface area contributed by atoms with Gasteiger partial charge in [-0.25, -0.2) is 4.98 Å². The molecule has 0 atom stereocenters. The molecule has 0 bridgehead atoms. The Kier molecular flexibility index (Phi) is 7.95. The van der Waals surface area contributed by atoms with E-state index >= 15 is 0 Å². The van der Waals surface area contributed by atoms with Gasteiger partial charge in [-0.05, 0) is 26.7 Å². The van der Waals surface area contributed by atoms with Crippen LogP contribution in [0.1, 0.15) is 46.4 Å². The minimum absolute atomic E-state index is 0.224. The smallest absolute Gasteiger partial charge is 0.218 e. The highest BCUT2D eigenvalue weighted by Crippen LogP contribution is 2.14. The molecule has 20 heavy (non-hydrogen) atoms. The van der Waals surface area contributed by atoms with Crippen LogP contribution in [0.4, 0.5) is 5.82 Å². The lowest BCUT2D eigenvalue weighted by atomic mass is 10.3. The Labute approximate surface area is 122 Å². The lowest BCUT2D eigenvalue weighted by Crippen LogP contribution is -2.13. The van der Waals surface area contributed by atoms with Crippen LogP contribution in [0.15, 0.2) is 6.07 Å². The van der Waals surface area contributed by atoms with Crippen LogP contribution in [0, 0.1) is 0 Å². The zero-order valence-corrected chi connectivity index (χ0v) is 13.1. The second kappa shape index (κ2) is 9.53. The van der Waals surface area contributed by atoms with Gasteiger partial charge in [-0.3, -0.25) is 0 Å². The second-order valence-corrected chi connectivity index (χ2v) is 4.95. The van der Waals surface area contributed by atoms with E-state index in [0.717, 1.165) is 37.4 Å². The molecule has 1 rings (SSSR count).